The molecule has 3 nitrogen and oxygen atoms in total. The lowest BCUT2D eigenvalue weighted by molar-refractivity contribution is 0.440. The minimum Gasteiger partial charge on any atom is -0.310 e. The van der Waals surface area contributed by atoms with Crippen LogP contribution in [0.3, 0.4) is 0 Å². The topological polar surface area (TPSA) is 45.8 Å². The van der Waals surface area contributed by atoms with Gasteiger partial charge >= 0.3 is 0 Å². The molecule has 1 heterocycles. The quantitative estimate of drug-likeness (QED) is 0.868. The third-order valence-electron chi connectivity index (χ3n) is 4.27. The standard InChI is InChI=1S/C15H22N2O/c18-14-10-13(11-8-9-11)16-15(17-14)12-6-4-2-1-3-5-7-12/h10-12H,1-9H2,(H,16,17,18). The lowest BCUT2D eigenvalue weighted by atomic mass is 9.90. The molecule has 0 amide bonds. The van der Waals surface area contributed by atoms with Crippen molar-refractivity contribution in [2.45, 2.75) is 69.6 Å². The molecule has 3 rings (SSSR count). The highest BCUT2D eigenvalue weighted by molar-refractivity contribution is 5.15. The van der Waals surface area contributed by atoms with E-state index in [1.165, 1.54) is 57.8 Å². The van der Waals surface area contributed by atoms with E-state index in [-0.39, 0.29) is 5.56 Å². The fourth-order valence-corrected chi connectivity index (χ4v) is 3.01. The average molecular weight is 246 g/mol. The summed E-state index contributed by atoms with van der Waals surface area (Å²) in [6.07, 6.45) is 11.4. The Hall–Kier alpha value is -1.12. The fourth-order valence-electron chi connectivity index (χ4n) is 3.01. The fraction of sp³-hybridized carbons (Fsp3) is 0.733. The summed E-state index contributed by atoms with van der Waals surface area (Å²) in [7, 11) is 0. The number of aromatic amines is 1. The maximum atomic E-state index is 11.7. The summed E-state index contributed by atoms with van der Waals surface area (Å²) in [6, 6.07) is 1.70. The van der Waals surface area contributed by atoms with Gasteiger partial charge in [-0.25, -0.2) is 4.98 Å². The molecule has 18 heavy (non-hydrogen) atoms. The first-order chi connectivity index (χ1) is 8.83. The highest BCUT2D eigenvalue weighted by Crippen LogP contribution is 2.39. The van der Waals surface area contributed by atoms with Crippen molar-refractivity contribution < 1.29 is 0 Å². The molecular formula is C15H22N2O. The van der Waals surface area contributed by atoms with Crippen molar-refractivity contribution in [3.63, 3.8) is 0 Å². The number of hydrogen-bond donors (Lipinski definition) is 1. The zero-order chi connectivity index (χ0) is 12.4. The van der Waals surface area contributed by atoms with Crippen molar-refractivity contribution in [3.8, 4) is 0 Å². The van der Waals surface area contributed by atoms with Crippen LogP contribution in [0.15, 0.2) is 10.9 Å². The summed E-state index contributed by atoms with van der Waals surface area (Å²) in [6.45, 7) is 0. The highest BCUT2D eigenvalue weighted by Gasteiger charge is 2.27. The van der Waals surface area contributed by atoms with Crippen molar-refractivity contribution in [2.75, 3.05) is 0 Å². The van der Waals surface area contributed by atoms with Crippen molar-refractivity contribution in [3.05, 3.63) is 27.9 Å². The van der Waals surface area contributed by atoms with Crippen molar-refractivity contribution >= 4 is 0 Å². The molecule has 1 N–H and O–H groups in total. The smallest absolute Gasteiger partial charge is 0.251 e. The van der Waals surface area contributed by atoms with Crippen molar-refractivity contribution in [2.24, 2.45) is 0 Å². The molecular weight excluding hydrogens is 224 g/mol. The van der Waals surface area contributed by atoms with Gasteiger partial charge in [-0.15, -0.1) is 0 Å². The van der Waals surface area contributed by atoms with E-state index in [1.54, 1.807) is 6.07 Å². The van der Waals surface area contributed by atoms with Gasteiger partial charge in [0.05, 0.1) is 5.69 Å². The number of H-pyrrole nitrogens is 1. The van der Waals surface area contributed by atoms with Crippen LogP contribution in [-0.4, -0.2) is 9.97 Å². The van der Waals surface area contributed by atoms with Gasteiger partial charge in [-0.05, 0) is 25.7 Å². The monoisotopic (exact) mass is 246 g/mol. The molecule has 3 heteroatoms. The second-order valence-corrected chi connectivity index (χ2v) is 5.87. The maximum absolute atomic E-state index is 11.7. The number of nitrogens with zero attached hydrogens (tertiary/aromatic N) is 1. The van der Waals surface area contributed by atoms with Crippen LogP contribution in [-0.2, 0) is 0 Å². The van der Waals surface area contributed by atoms with Crippen LogP contribution in [0.2, 0.25) is 0 Å². The van der Waals surface area contributed by atoms with Gasteiger partial charge < -0.3 is 4.98 Å². The molecule has 0 radical (unpaired) electrons. The van der Waals surface area contributed by atoms with E-state index in [9.17, 15) is 4.79 Å². The van der Waals surface area contributed by atoms with Gasteiger partial charge in [0.25, 0.3) is 5.56 Å². The largest absolute Gasteiger partial charge is 0.310 e. The first kappa shape index (κ1) is 11.9. The molecule has 2 aliphatic rings. The second-order valence-electron chi connectivity index (χ2n) is 5.87. The Morgan fingerprint density at radius 3 is 2.28 bits per heavy atom. The number of aromatic nitrogens is 2. The Bertz CT molecular complexity index is 454. The normalized spacial score (nSPS) is 22.4. The van der Waals surface area contributed by atoms with E-state index in [2.05, 4.69) is 4.98 Å². The summed E-state index contributed by atoms with van der Waals surface area (Å²) in [5.41, 5.74) is 1.08. The van der Waals surface area contributed by atoms with Crippen molar-refractivity contribution in [1.82, 2.24) is 9.97 Å². The molecule has 0 aliphatic heterocycles. The van der Waals surface area contributed by atoms with Gasteiger partial charge in [0, 0.05) is 17.9 Å². The SMILES string of the molecule is O=c1cc(C2CC2)nc(C2CCCCCCC2)[nH]1. The molecule has 2 saturated carbocycles. The summed E-state index contributed by atoms with van der Waals surface area (Å²) in [5.74, 6) is 2.02. The minimum absolute atomic E-state index is 0.0453. The lowest BCUT2D eigenvalue weighted by Crippen LogP contribution is -2.16. The van der Waals surface area contributed by atoms with Crippen LogP contribution in [0, 0.1) is 0 Å². The third kappa shape index (κ3) is 2.82. The van der Waals surface area contributed by atoms with Crippen molar-refractivity contribution in [1.29, 1.82) is 0 Å². The number of hydrogen-bond acceptors (Lipinski definition) is 2. The van der Waals surface area contributed by atoms with Gasteiger partial charge in [-0.1, -0.05) is 32.1 Å². The summed E-state index contributed by atoms with van der Waals surface area (Å²) in [5, 5.41) is 0. The first-order valence-electron chi connectivity index (χ1n) is 7.44. The first-order valence-corrected chi connectivity index (χ1v) is 7.44. The van der Waals surface area contributed by atoms with Gasteiger partial charge in [0.1, 0.15) is 5.82 Å². The van der Waals surface area contributed by atoms with Crippen LogP contribution >= 0.6 is 0 Å². The Balaban J connectivity index is 1.82. The van der Waals surface area contributed by atoms with E-state index < -0.39 is 0 Å². The van der Waals surface area contributed by atoms with Crippen LogP contribution in [0.25, 0.3) is 0 Å². The molecule has 0 unspecified atom stereocenters. The Labute approximate surface area is 108 Å². The molecule has 2 fully saturated rings. The highest BCUT2D eigenvalue weighted by atomic mass is 16.1. The molecule has 1 aromatic rings. The Kier molecular flexibility index (Phi) is 3.48. The Morgan fingerprint density at radius 2 is 1.61 bits per heavy atom. The predicted octanol–water partition coefficient (Wildman–Crippen LogP) is 3.48. The minimum atomic E-state index is 0.0453. The van der Waals surface area contributed by atoms with Crippen LogP contribution < -0.4 is 5.56 Å². The molecule has 0 bridgehead atoms. The summed E-state index contributed by atoms with van der Waals surface area (Å²) < 4.78 is 0. The molecule has 98 valence electrons. The van der Waals surface area contributed by atoms with E-state index >= 15 is 0 Å². The number of nitrogens with one attached hydrogen (secondary N) is 1. The summed E-state index contributed by atoms with van der Waals surface area (Å²) in [4.78, 5) is 19.5. The van der Waals surface area contributed by atoms with Crippen LogP contribution in [0.5, 0.6) is 0 Å². The van der Waals surface area contributed by atoms with Gasteiger partial charge in [0.2, 0.25) is 0 Å². The zero-order valence-electron chi connectivity index (χ0n) is 11.0. The van der Waals surface area contributed by atoms with E-state index in [0.29, 0.717) is 11.8 Å². The predicted molar refractivity (Wildman–Crippen MR) is 71.9 cm³/mol. The lowest BCUT2D eigenvalue weighted by Gasteiger charge is -2.19. The molecule has 1 aromatic heterocycles. The molecule has 2 aliphatic carbocycles. The molecule has 0 spiro atoms. The molecule has 0 saturated heterocycles. The molecule has 0 atom stereocenters. The van der Waals surface area contributed by atoms with Gasteiger partial charge in [0.15, 0.2) is 0 Å². The maximum Gasteiger partial charge on any atom is 0.251 e. The third-order valence-corrected chi connectivity index (χ3v) is 4.27. The molecule has 0 aromatic carbocycles. The van der Waals surface area contributed by atoms with E-state index in [0.717, 1.165) is 11.5 Å². The summed E-state index contributed by atoms with van der Waals surface area (Å²) >= 11 is 0. The number of rotatable bonds is 2. The van der Waals surface area contributed by atoms with Crippen LogP contribution in [0.4, 0.5) is 0 Å². The van der Waals surface area contributed by atoms with Crippen LogP contribution in [0.1, 0.15) is 81.1 Å². The Morgan fingerprint density at radius 1 is 0.944 bits per heavy atom. The van der Waals surface area contributed by atoms with Gasteiger partial charge in [-0.2, -0.15) is 0 Å². The average Bonchev–Trinajstić information content (AvgIpc) is 3.11. The zero-order valence-corrected chi connectivity index (χ0v) is 11.0. The van der Waals surface area contributed by atoms with E-state index in [4.69, 9.17) is 4.98 Å². The van der Waals surface area contributed by atoms with E-state index in [1.807, 2.05) is 0 Å². The van der Waals surface area contributed by atoms with Gasteiger partial charge in [-0.3, -0.25) is 4.79 Å². The second kappa shape index (κ2) is 5.25.